The summed E-state index contributed by atoms with van der Waals surface area (Å²) in [6.45, 7) is 4.05. The molecule has 0 saturated heterocycles. The van der Waals surface area contributed by atoms with Gasteiger partial charge >= 0.3 is 0 Å². The lowest BCUT2D eigenvalue weighted by Gasteiger charge is -2.33. The maximum absolute atomic E-state index is 4.59. The Hall–Kier alpha value is -1.09. The second kappa shape index (κ2) is 6.74. The van der Waals surface area contributed by atoms with E-state index in [1.165, 1.54) is 37.7 Å². The van der Waals surface area contributed by atoms with Gasteiger partial charge in [-0.3, -0.25) is 0 Å². The molecule has 3 heteroatoms. The largest absolute Gasteiger partial charge is 0.356 e. The van der Waals surface area contributed by atoms with E-state index >= 15 is 0 Å². The van der Waals surface area contributed by atoms with Gasteiger partial charge in [0, 0.05) is 31.4 Å². The maximum Gasteiger partial charge on any atom is 0.132 e. The summed E-state index contributed by atoms with van der Waals surface area (Å²) < 4.78 is 0. The van der Waals surface area contributed by atoms with Gasteiger partial charge in [-0.25, -0.2) is 4.98 Å². The fraction of sp³-hybridized carbons (Fsp3) is 0.667. The lowest BCUT2D eigenvalue weighted by Crippen LogP contribution is -2.35. The Kier molecular flexibility index (Phi) is 5.00. The summed E-state index contributed by atoms with van der Waals surface area (Å²) in [5, 5.41) is 3.40. The van der Waals surface area contributed by atoms with Gasteiger partial charge in [0.05, 0.1) is 0 Å². The van der Waals surface area contributed by atoms with Crippen LogP contribution in [0.5, 0.6) is 0 Å². The molecule has 1 aromatic heterocycles. The normalized spacial score (nSPS) is 16.8. The van der Waals surface area contributed by atoms with Gasteiger partial charge in [0.1, 0.15) is 5.82 Å². The van der Waals surface area contributed by atoms with Crippen molar-refractivity contribution < 1.29 is 0 Å². The molecule has 1 aromatic rings. The monoisotopic (exact) mass is 247 g/mol. The smallest absolute Gasteiger partial charge is 0.132 e. The van der Waals surface area contributed by atoms with Gasteiger partial charge in [0.15, 0.2) is 0 Å². The van der Waals surface area contributed by atoms with Crippen molar-refractivity contribution in [3.63, 3.8) is 0 Å². The van der Waals surface area contributed by atoms with Crippen LogP contribution in [0.4, 0.5) is 5.82 Å². The van der Waals surface area contributed by atoms with Gasteiger partial charge in [0.25, 0.3) is 0 Å². The minimum absolute atomic E-state index is 0.675. The average molecular weight is 247 g/mol. The Bertz CT molecular complexity index is 359. The van der Waals surface area contributed by atoms with Crippen LogP contribution in [0.1, 0.15) is 44.6 Å². The average Bonchev–Trinajstić information content (AvgIpc) is 2.45. The zero-order valence-electron chi connectivity index (χ0n) is 11.7. The van der Waals surface area contributed by atoms with Crippen molar-refractivity contribution in [2.45, 2.75) is 51.6 Å². The van der Waals surface area contributed by atoms with E-state index in [1.807, 2.05) is 12.3 Å². The number of pyridine rings is 1. The van der Waals surface area contributed by atoms with Crippen molar-refractivity contribution in [2.24, 2.45) is 0 Å². The number of hydrogen-bond acceptors (Lipinski definition) is 3. The van der Waals surface area contributed by atoms with Gasteiger partial charge in [0.2, 0.25) is 0 Å². The summed E-state index contributed by atoms with van der Waals surface area (Å²) >= 11 is 0. The van der Waals surface area contributed by atoms with Crippen molar-refractivity contribution in [3.8, 4) is 0 Å². The molecule has 0 aromatic carbocycles. The molecule has 0 atom stereocenters. The standard InChI is InChI=1S/C15H25N3/c1-3-16-12-13-8-7-11-17-15(13)18(2)14-9-5-4-6-10-14/h7-8,11,14,16H,3-6,9-10,12H2,1-2H3. The molecule has 1 N–H and O–H groups in total. The molecule has 1 aliphatic carbocycles. The van der Waals surface area contributed by atoms with Gasteiger partial charge in [-0.15, -0.1) is 0 Å². The van der Waals surface area contributed by atoms with Crippen molar-refractivity contribution >= 4 is 5.82 Å². The number of anilines is 1. The lowest BCUT2D eigenvalue weighted by atomic mass is 9.94. The van der Waals surface area contributed by atoms with Crippen molar-refractivity contribution in [1.29, 1.82) is 0 Å². The first-order valence-corrected chi connectivity index (χ1v) is 7.20. The topological polar surface area (TPSA) is 28.2 Å². The third-order valence-corrected chi connectivity index (χ3v) is 3.89. The van der Waals surface area contributed by atoms with E-state index in [4.69, 9.17) is 0 Å². The summed E-state index contributed by atoms with van der Waals surface area (Å²) in [5.41, 5.74) is 1.31. The van der Waals surface area contributed by atoms with Gasteiger partial charge in [-0.05, 0) is 25.5 Å². The molecule has 18 heavy (non-hydrogen) atoms. The molecule has 0 aliphatic heterocycles. The molecule has 0 radical (unpaired) electrons. The van der Waals surface area contributed by atoms with E-state index in [1.54, 1.807) is 0 Å². The van der Waals surface area contributed by atoms with Crippen LogP contribution in [0, 0.1) is 0 Å². The van der Waals surface area contributed by atoms with E-state index in [-0.39, 0.29) is 0 Å². The Balaban J connectivity index is 2.10. The number of rotatable bonds is 5. The van der Waals surface area contributed by atoms with E-state index in [9.17, 15) is 0 Å². The summed E-state index contributed by atoms with van der Waals surface area (Å²) in [6.07, 6.45) is 8.66. The highest BCUT2D eigenvalue weighted by atomic mass is 15.2. The third-order valence-electron chi connectivity index (χ3n) is 3.89. The highest BCUT2D eigenvalue weighted by Gasteiger charge is 2.20. The minimum Gasteiger partial charge on any atom is -0.356 e. The fourth-order valence-corrected chi connectivity index (χ4v) is 2.79. The molecule has 1 aliphatic rings. The SMILES string of the molecule is CCNCc1cccnc1N(C)C1CCCCC1. The number of hydrogen-bond donors (Lipinski definition) is 1. The molecule has 1 heterocycles. The zero-order chi connectivity index (χ0) is 12.8. The first kappa shape index (κ1) is 13.3. The van der Waals surface area contributed by atoms with Crippen molar-refractivity contribution in [1.82, 2.24) is 10.3 Å². The Morgan fingerprint density at radius 2 is 2.11 bits per heavy atom. The quantitative estimate of drug-likeness (QED) is 0.867. The van der Waals surface area contributed by atoms with Crippen LogP contribution in [-0.2, 0) is 6.54 Å². The first-order chi connectivity index (χ1) is 8.83. The Labute approximate surface area is 111 Å². The molecule has 0 spiro atoms. The lowest BCUT2D eigenvalue weighted by molar-refractivity contribution is 0.425. The molecule has 1 saturated carbocycles. The Morgan fingerprint density at radius 3 is 2.83 bits per heavy atom. The molecule has 1 fully saturated rings. The molecular formula is C15H25N3. The highest BCUT2D eigenvalue weighted by Crippen LogP contribution is 2.26. The predicted molar refractivity (Wildman–Crippen MR) is 76.9 cm³/mol. The number of nitrogens with one attached hydrogen (secondary N) is 1. The molecule has 2 rings (SSSR count). The van der Waals surface area contributed by atoms with Crippen LogP contribution >= 0.6 is 0 Å². The van der Waals surface area contributed by atoms with E-state index in [2.05, 4.69) is 35.2 Å². The van der Waals surface area contributed by atoms with Gasteiger partial charge in [-0.1, -0.05) is 32.3 Å². The molecule has 0 unspecified atom stereocenters. The van der Waals surface area contributed by atoms with Gasteiger partial charge in [-0.2, -0.15) is 0 Å². The second-order valence-electron chi connectivity index (χ2n) is 5.17. The van der Waals surface area contributed by atoms with Crippen molar-refractivity contribution in [2.75, 3.05) is 18.5 Å². The second-order valence-corrected chi connectivity index (χ2v) is 5.17. The number of aromatic nitrogens is 1. The van der Waals surface area contributed by atoms with E-state index < -0.39 is 0 Å². The summed E-state index contributed by atoms with van der Waals surface area (Å²) in [7, 11) is 2.20. The molecular weight excluding hydrogens is 222 g/mol. The Morgan fingerprint density at radius 1 is 1.33 bits per heavy atom. The molecule has 0 bridgehead atoms. The fourth-order valence-electron chi connectivity index (χ4n) is 2.79. The van der Waals surface area contributed by atoms with Gasteiger partial charge < -0.3 is 10.2 Å². The minimum atomic E-state index is 0.675. The first-order valence-electron chi connectivity index (χ1n) is 7.20. The maximum atomic E-state index is 4.59. The molecule has 3 nitrogen and oxygen atoms in total. The van der Waals surface area contributed by atoms with Crippen LogP contribution in [0.2, 0.25) is 0 Å². The molecule has 100 valence electrons. The summed E-state index contributed by atoms with van der Waals surface area (Å²) in [4.78, 5) is 6.99. The van der Waals surface area contributed by atoms with Crippen LogP contribution < -0.4 is 10.2 Å². The summed E-state index contributed by atoms with van der Waals surface area (Å²) in [6, 6.07) is 4.89. The van der Waals surface area contributed by atoms with E-state index in [0.29, 0.717) is 6.04 Å². The predicted octanol–water partition coefficient (Wildman–Crippen LogP) is 2.96. The third kappa shape index (κ3) is 3.22. The van der Waals surface area contributed by atoms with Crippen molar-refractivity contribution in [3.05, 3.63) is 23.9 Å². The van der Waals surface area contributed by atoms with E-state index in [0.717, 1.165) is 18.9 Å². The highest BCUT2D eigenvalue weighted by molar-refractivity contribution is 5.47. The van der Waals surface area contributed by atoms with Crippen LogP contribution in [0.15, 0.2) is 18.3 Å². The van der Waals surface area contributed by atoms with Crippen LogP contribution in [-0.4, -0.2) is 24.6 Å². The van der Waals surface area contributed by atoms with Crippen LogP contribution in [0.25, 0.3) is 0 Å². The molecule has 0 amide bonds. The number of nitrogens with zero attached hydrogens (tertiary/aromatic N) is 2. The zero-order valence-corrected chi connectivity index (χ0v) is 11.7. The van der Waals surface area contributed by atoms with Crippen LogP contribution in [0.3, 0.4) is 0 Å². The summed E-state index contributed by atoms with van der Waals surface area (Å²) in [5.74, 6) is 1.16.